The largest absolute Gasteiger partial charge is 0.481 e. The molecule has 0 spiro atoms. The molecule has 1 heterocycles. The van der Waals surface area contributed by atoms with Crippen molar-refractivity contribution in [2.24, 2.45) is 0 Å². The van der Waals surface area contributed by atoms with Gasteiger partial charge in [0.25, 0.3) is 5.91 Å². The molecule has 5 heteroatoms. The topological polar surface area (TPSA) is 77.8 Å². The summed E-state index contributed by atoms with van der Waals surface area (Å²) < 4.78 is 0. The number of benzene rings is 1. The second-order valence-corrected chi connectivity index (χ2v) is 5.43. The predicted octanol–water partition coefficient (Wildman–Crippen LogP) is 1.97. The lowest BCUT2D eigenvalue weighted by atomic mass is 9.96. The monoisotopic (exact) mass is 291 g/mol. The second-order valence-electron chi connectivity index (χ2n) is 5.43. The molecule has 2 rings (SSSR count). The Morgan fingerprint density at radius 2 is 1.95 bits per heavy atom. The van der Waals surface area contributed by atoms with Crippen LogP contribution in [0.4, 0.5) is 0 Å². The predicted molar refractivity (Wildman–Crippen MR) is 77.6 cm³/mol. The van der Waals surface area contributed by atoms with E-state index in [1.54, 1.807) is 29.2 Å². The van der Waals surface area contributed by atoms with Crippen LogP contribution in [0.3, 0.4) is 0 Å². The Bertz CT molecular complexity index is 488. The van der Waals surface area contributed by atoms with Gasteiger partial charge < -0.3 is 15.1 Å². The number of piperidine rings is 1. The van der Waals surface area contributed by atoms with Gasteiger partial charge in [0.1, 0.15) is 0 Å². The number of likely N-dealkylation sites (tertiary alicyclic amines) is 1. The highest BCUT2D eigenvalue weighted by molar-refractivity contribution is 5.82. The average molecular weight is 291 g/mol. The molecule has 1 saturated heterocycles. The van der Waals surface area contributed by atoms with Crippen LogP contribution < -0.4 is 0 Å². The zero-order valence-corrected chi connectivity index (χ0v) is 11.9. The fourth-order valence-corrected chi connectivity index (χ4v) is 2.82. The molecule has 5 nitrogen and oxygen atoms in total. The first-order valence-corrected chi connectivity index (χ1v) is 7.35. The van der Waals surface area contributed by atoms with Gasteiger partial charge in [0.15, 0.2) is 6.10 Å². The van der Waals surface area contributed by atoms with E-state index in [4.69, 9.17) is 5.11 Å². The molecular weight excluding hydrogens is 270 g/mol. The number of carbonyl (C=O) groups is 2. The van der Waals surface area contributed by atoms with Crippen molar-refractivity contribution in [2.75, 3.05) is 6.54 Å². The average Bonchev–Trinajstić information content (AvgIpc) is 2.52. The SMILES string of the molecule is O=C(O)CCC1CCCCN1C(=O)[C@H](O)c1ccccc1. The third-order valence-electron chi connectivity index (χ3n) is 3.95. The summed E-state index contributed by atoms with van der Waals surface area (Å²) in [6.07, 6.45) is 2.03. The highest BCUT2D eigenvalue weighted by Gasteiger charge is 2.31. The summed E-state index contributed by atoms with van der Waals surface area (Å²) in [6.45, 7) is 0.590. The summed E-state index contributed by atoms with van der Waals surface area (Å²) in [5.74, 6) is -1.17. The van der Waals surface area contributed by atoms with Crippen molar-refractivity contribution >= 4 is 11.9 Å². The molecule has 1 aliphatic heterocycles. The number of amides is 1. The Labute approximate surface area is 124 Å². The number of aliphatic carboxylic acids is 1. The smallest absolute Gasteiger partial charge is 0.303 e. The molecule has 1 unspecified atom stereocenters. The van der Waals surface area contributed by atoms with Crippen molar-refractivity contribution in [1.82, 2.24) is 4.90 Å². The molecule has 0 aliphatic carbocycles. The minimum Gasteiger partial charge on any atom is -0.481 e. The molecule has 0 bridgehead atoms. The first-order valence-electron chi connectivity index (χ1n) is 7.35. The molecule has 1 aliphatic rings. The Hall–Kier alpha value is -1.88. The Morgan fingerprint density at radius 3 is 2.62 bits per heavy atom. The summed E-state index contributed by atoms with van der Waals surface area (Å²) in [5.41, 5.74) is 0.574. The number of nitrogens with zero attached hydrogens (tertiary/aromatic N) is 1. The molecule has 0 aromatic heterocycles. The van der Waals surface area contributed by atoms with Gasteiger partial charge in [0.2, 0.25) is 0 Å². The molecule has 0 saturated carbocycles. The van der Waals surface area contributed by atoms with E-state index in [0.29, 0.717) is 18.5 Å². The van der Waals surface area contributed by atoms with Crippen LogP contribution in [0.25, 0.3) is 0 Å². The second kappa shape index (κ2) is 7.22. The lowest BCUT2D eigenvalue weighted by Crippen LogP contribution is -2.46. The van der Waals surface area contributed by atoms with Gasteiger partial charge in [-0.2, -0.15) is 0 Å². The number of aliphatic hydroxyl groups is 1. The highest BCUT2D eigenvalue weighted by Crippen LogP contribution is 2.25. The van der Waals surface area contributed by atoms with Crippen molar-refractivity contribution in [1.29, 1.82) is 0 Å². The van der Waals surface area contributed by atoms with Crippen LogP contribution in [-0.4, -0.2) is 39.6 Å². The van der Waals surface area contributed by atoms with Crippen molar-refractivity contribution in [2.45, 2.75) is 44.2 Å². The summed E-state index contributed by atoms with van der Waals surface area (Å²) in [4.78, 5) is 24.9. The molecule has 1 aromatic carbocycles. The molecule has 0 radical (unpaired) electrons. The van der Waals surface area contributed by atoms with Crippen molar-refractivity contribution in [3.05, 3.63) is 35.9 Å². The lowest BCUT2D eigenvalue weighted by molar-refractivity contribution is -0.146. The minimum atomic E-state index is -1.17. The molecule has 2 N–H and O–H groups in total. The normalized spacial score (nSPS) is 20.0. The van der Waals surface area contributed by atoms with Gasteiger partial charge in [-0.15, -0.1) is 0 Å². The van der Waals surface area contributed by atoms with Gasteiger partial charge in [-0.1, -0.05) is 30.3 Å². The highest BCUT2D eigenvalue weighted by atomic mass is 16.4. The molecule has 114 valence electrons. The first-order chi connectivity index (χ1) is 10.1. The van der Waals surface area contributed by atoms with Gasteiger partial charge in [0.05, 0.1) is 0 Å². The zero-order valence-electron chi connectivity index (χ0n) is 11.9. The van der Waals surface area contributed by atoms with E-state index in [-0.39, 0.29) is 18.4 Å². The van der Waals surface area contributed by atoms with Gasteiger partial charge in [-0.3, -0.25) is 9.59 Å². The minimum absolute atomic E-state index is 0.0515. The van der Waals surface area contributed by atoms with E-state index >= 15 is 0 Å². The number of hydrogen-bond donors (Lipinski definition) is 2. The molecule has 1 fully saturated rings. The first kappa shape index (κ1) is 15.5. The third-order valence-corrected chi connectivity index (χ3v) is 3.95. The van der Waals surface area contributed by atoms with Gasteiger partial charge in [0, 0.05) is 19.0 Å². The zero-order chi connectivity index (χ0) is 15.2. The van der Waals surface area contributed by atoms with Crippen LogP contribution in [-0.2, 0) is 9.59 Å². The van der Waals surface area contributed by atoms with Crippen LogP contribution in [0, 0.1) is 0 Å². The fraction of sp³-hybridized carbons (Fsp3) is 0.500. The van der Waals surface area contributed by atoms with E-state index in [1.807, 2.05) is 6.07 Å². The van der Waals surface area contributed by atoms with Gasteiger partial charge in [-0.05, 0) is 31.2 Å². The van der Waals surface area contributed by atoms with Gasteiger partial charge in [-0.25, -0.2) is 0 Å². The van der Waals surface area contributed by atoms with Crippen molar-refractivity contribution < 1.29 is 19.8 Å². The molecule has 1 aromatic rings. The molecule has 1 amide bonds. The number of carbonyl (C=O) groups excluding carboxylic acids is 1. The van der Waals surface area contributed by atoms with E-state index in [1.165, 1.54) is 0 Å². The Morgan fingerprint density at radius 1 is 1.24 bits per heavy atom. The number of carboxylic acids is 1. The van der Waals surface area contributed by atoms with E-state index in [0.717, 1.165) is 19.3 Å². The summed E-state index contributed by atoms with van der Waals surface area (Å²) in [7, 11) is 0. The van der Waals surface area contributed by atoms with Crippen LogP contribution >= 0.6 is 0 Å². The maximum Gasteiger partial charge on any atom is 0.303 e. The maximum absolute atomic E-state index is 12.5. The Balaban J connectivity index is 2.05. The van der Waals surface area contributed by atoms with Crippen molar-refractivity contribution in [3.8, 4) is 0 Å². The van der Waals surface area contributed by atoms with E-state index in [2.05, 4.69) is 0 Å². The van der Waals surface area contributed by atoms with Crippen LogP contribution in [0.5, 0.6) is 0 Å². The number of rotatable bonds is 5. The molecule has 2 atom stereocenters. The molecule has 21 heavy (non-hydrogen) atoms. The lowest BCUT2D eigenvalue weighted by Gasteiger charge is -2.37. The third kappa shape index (κ3) is 4.04. The van der Waals surface area contributed by atoms with Gasteiger partial charge >= 0.3 is 5.97 Å². The van der Waals surface area contributed by atoms with Crippen LogP contribution in [0.15, 0.2) is 30.3 Å². The van der Waals surface area contributed by atoms with E-state index in [9.17, 15) is 14.7 Å². The quantitative estimate of drug-likeness (QED) is 0.869. The van der Waals surface area contributed by atoms with E-state index < -0.39 is 12.1 Å². The fourth-order valence-electron chi connectivity index (χ4n) is 2.82. The molecular formula is C16H21NO4. The maximum atomic E-state index is 12.5. The number of hydrogen-bond acceptors (Lipinski definition) is 3. The standard InChI is InChI=1S/C16H21NO4/c18-14(19)10-9-13-8-4-5-11-17(13)16(21)15(20)12-6-2-1-3-7-12/h1-3,6-7,13,15,20H,4-5,8-11H2,(H,18,19)/t13?,15-/m1/s1. The van der Waals surface area contributed by atoms with Crippen molar-refractivity contribution in [3.63, 3.8) is 0 Å². The summed E-state index contributed by atoms with van der Waals surface area (Å²) >= 11 is 0. The number of carboxylic acid groups (broad SMARTS) is 1. The summed E-state index contributed by atoms with van der Waals surface area (Å²) in [6, 6.07) is 8.75. The Kier molecular flexibility index (Phi) is 5.33. The van der Waals surface area contributed by atoms with Crippen LogP contribution in [0.1, 0.15) is 43.8 Å². The number of aliphatic hydroxyl groups excluding tert-OH is 1. The van der Waals surface area contributed by atoms with Crippen LogP contribution in [0.2, 0.25) is 0 Å². The summed E-state index contributed by atoms with van der Waals surface area (Å²) in [5, 5.41) is 19.0.